The first-order valence-electron chi connectivity index (χ1n) is 6.22. The fourth-order valence-corrected chi connectivity index (χ4v) is 4.18. The van der Waals surface area contributed by atoms with Crippen molar-refractivity contribution in [2.45, 2.75) is 33.7 Å². The van der Waals surface area contributed by atoms with Crippen LogP contribution in [0.2, 0.25) is 0 Å². The van der Waals surface area contributed by atoms with Gasteiger partial charge in [0, 0.05) is 19.5 Å². The Kier molecular flexibility index (Phi) is 3.53. The van der Waals surface area contributed by atoms with E-state index in [-0.39, 0.29) is 23.3 Å². The van der Waals surface area contributed by atoms with E-state index < -0.39 is 10.0 Å². The summed E-state index contributed by atoms with van der Waals surface area (Å²) in [6.07, 6.45) is 1.85. The molecule has 0 atom stereocenters. The van der Waals surface area contributed by atoms with Crippen molar-refractivity contribution in [2.24, 2.45) is 5.41 Å². The average molecular weight is 285 g/mol. The molecule has 0 amide bonds. The van der Waals surface area contributed by atoms with Gasteiger partial charge in [0.25, 0.3) is 5.56 Å². The van der Waals surface area contributed by atoms with Crippen molar-refractivity contribution in [1.82, 2.24) is 14.3 Å². The fraction of sp³-hybridized carbons (Fsp3) is 0.667. The minimum absolute atomic E-state index is 0.0769. The molecule has 2 rings (SSSR count). The lowest BCUT2D eigenvalue weighted by atomic mass is 10.0. The lowest BCUT2D eigenvalue weighted by molar-refractivity contribution is 0.368. The normalized spacial score (nSPS) is 17.2. The van der Waals surface area contributed by atoms with Crippen molar-refractivity contribution in [3.05, 3.63) is 27.9 Å². The molecule has 19 heavy (non-hydrogen) atoms. The van der Waals surface area contributed by atoms with Gasteiger partial charge in [0.15, 0.2) is 0 Å². The van der Waals surface area contributed by atoms with Crippen LogP contribution in [0.25, 0.3) is 0 Å². The molecule has 2 heterocycles. The second kappa shape index (κ2) is 4.72. The minimum atomic E-state index is -3.35. The maximum atomic E-state index is 12.3. The Morgan fingerprint density at radius 1 is 1.42 bits per heavy atom. The third kappa shape index (κ3) is 3.22. The fourth-order valence-electron chi connectivity index (χ4n) is 2.21. The van der Waals surface area contributed by atoms with Crippen LogP contribution in [0.5, 0.6) is 0 Å². The maximum Gasteiger partial charge on any atom is 0.255 e. The monoisotopic (exact) mass is 285 g/mol. The smallest absolute Gasteiger partial charge is 0.255 e. The van der Waals surface area contributed by atoms with Gasteiger partial charge >= 0.3 is 0 Å². The zero-order chi connectivity index (χ0) is 14.3. The molecule has 0 radical (unpaired) electrons. The van der Waals surface area contributed by atoms with Gasteiger partial charge in [-0.05, 0) is 5.41 Å². The summed E-state index contributed by atoms with van der Waals surface area (Å²) in [4.78, 5) is 18.3. The van der Waals surface area contributed by atoms with E-state index in [4.69, 9.17) is 0 Å². The van der Waals surface area contributed by atoms with Crippen molar-refractivity contribution >= 4 is 10.0 Å². The lowest BCUT2D eigenvalue weighted by Gasteiger charge is -2.29. The number of hydrogen-bond donors (Lipinski definition) is 1. The summed E-state index contributed by atoms with van der Waals surface area (Å²) in [5.74, 6) is 0.0769. The number of rotatable bonds is 2. The van der Waals surface area contributed by atoms with Gasteiger partial charge in [0.05, 0.1) is 23.3 Å². The number of hydrogen-bond acceptors (Lipinski definition) is 4. The molecular formula is C12H19N3O3S. The van der Waals surface area contributed by atoms with E-state index in [0.29, 0.717) is 24.2 Å². The molecule has 0 aromatic carbocycles. The number of nitrogens with one attached hydrogen (secondary N) is 1. The maximum absolute atomic E-state index is 12.3. The van der Waals surface area contributed by atoms with Crippen LogP contribution in [-0.2, 0) is 23.0 Å². The topological polar surface area (TPSA) is 83.1 Å². The third-order valence-electron chi connectivity index (χ3n) is 2.98. The van der Waals surface area contributed by atoms with Crippen molar-refractivity contribution in [3.8, 4) is 0 Å². The number of sulfonamides is 1. The van der Waals surface area contributed by atoms with E-state index in [9.17, 15) is 13.2 Å². The molecule has 1 N–H and O–H groups in total. The zero-order valence-electron chi connectivity index (χ0n) is 11.4. The summed E-state index contributed by atoms with van der Waals surface area (Å²) in [5, 5.41) is 0. The van der Waals surface area contributed by atoms with Gasteiger partial charge in [-0.1, -0.05) is 20.8 Å². The first-order valence-corrected chi connectivity index (χ1v) is 7.83. The predicted molar refractivity (Wildman–Crippen MR) is 72.2 cm³/mol. The van der Waals surface area contributed by atoms with Crippen LogP contribution in [0.1, 0.15) is 32.0 Å². The molecule has 0 bridgehead atoms. The first kappa shape index (κ1) is 14.2. The number of nitrogens with zero attached hydrogens (tertiary/aromatic N) is 2. The van der Waals surface area contributed by atoms with Crippen molar-refractivity contribution in [3.63, 3.8) is 0 Å². The highest BCUT2D eigenvalue weighted by atomic mass is 32.2. The summed E-state index contributed by atoms with van der Waals surface area (Å²) >= 11 is 0. The van der Waals surface area contributed by atoms with E-state index in [1.165, 1.54) is 10.6 Å². The molecule has 0 aliphatic carbocycles. The van der Waals surface area contributed by atoms with Crippen molar-refractivity contribution < 1.29 is 8.42 Å². The van der Waals surface area contributed by atoms with E-state index in [0.717, 1.165) is 0 Å². The van der Waals surface area contributed by atoms with Gasteiger partial charge in [-0.25, -0.2) is 13.4 Å². The molecule has 0 fully saturated rings. The molecule has 0 unspecified atom stereocenters. The largest absolute Gasteiger partial charge is 0.313 e. The summed E-state index contributed by atoms with van der Waals surface area (Å²) in [6, 6.07) is 0. The predicted octanol–water partition coefficient (Wildman–Crippen LogP) is 0.504. The Balaban J connectivity index is 2.27. The number of H-pyrrole nitrogens is 1. The Hall–Kier alpha value is -1.21. The van der Waals surface area contributed by atoms with E-state index >= 15 is 0 Å². The zero-order valence-corrected chi connectivity index (χ0v) is 12.2. The summed E-state index contributed by atoms with van der Waals surface area (Å²) in [6.45, 7) is 6.17. The highest BCUT2D eigenvalue weighted by Crippen LogP contribution is 2.22. The molecular weight excluding hydrogens is 266 g/mol. The standard InChI is InChI=1S/C12H19N3O3S/c1-12(2,3)7-19(17,18)15-5-4-10-9(6-15)11(16)14-8-13-10/h8H,4-7H2,1-3H3,(H,13,14,16). The van der Waals surface area contributed by atoms with E-state index in [1.807, 2.05) is 20.8 Å². The van der Waals surface area contributed by atoms with Gasteiger partial charge < -0.3 is 4.98 Å². The molecule has 0 saturated carbocycles. The second-order valence-electron chi connectivity index (χ2n) is 6.06. The molecule has 1 aliphatic heterocycles. The molecule has 1 aromatic rings. The lowest BCUT2D eigenvalue weighted by Crippen LogP contribution is -2.42. The quantitative estimate of drug-likeness (QED) is 0.858. The minimum Gasteiger partial charge on any atom is -0.313 e. The number of fused-ring (bicyclic) bond motifs is 1. The van der Waals surface area contributed by atoms with Crippen LogP contribution in [0.3, 0.4) is 0 Å². The van der Waals surface area contributed by atoms with E-state index in [2.05, 4.69) is 9.97 Å². The van der Waals surface area contributed by atoms with Gasteiger partial charge in [-0.3, -0.25) is 4.79 Å². The average Bonchev–Trinajstić information content (AvgIpc) is 2.26. The van der Waals surface area contributed by atoms with E-state index in [1.54, 1.807) is 0 Å². The SMILES string of the molecule is CC(C)(C)CS(=O)(=O)N1CCc2nc[nH]c(=O)c2C1. The molecule has 1 aliphatic rings. The summed E-state index contributed by atoms with van der Waals surface area (Å²) in [5.41, 5.74) is 0.610. The Labute approximate surface area is 112 Å². The van der Waals surface area contributed by atoms with Gasteiger partial charge in [0.2, 0.25) is 10.0 Å². The van der Waals surface area contributed by atoms with Crippen LogP contribution >= 0.6 is 0 Å². The van der Waals surface area contributed by atoms with Crippen LogP contribution < -0.4 is 5.56 Å². The third-order valence-corrected chi connectivity index (χ3v) is 5.31. The highest BCUT2D eigenvalue weighted by Gasteiger charge is 2.31. The van der Waals surface area contributed by atoms with Crippen LogP contribution in [-0.4, -0.2) is 35.0 Å². The van der Waals surface area contributed by atoms with Crippen LogP contribution in [0, 0.1) is 5.41 Å². The highest BCUT2D eigenvalue weighted by molar-refractivity contribution is 7.89. The summed E-state index contributed by atoms with van der Waals surface area (Å²) < 4.78 is 26.0. The molecule has 6 nitrogen and oxygen atoms in total. The Morgan fingerprint density at radius 2 is 2.11 bits per heavy atom. The summed E-state index contributed by atoms with van der Waals surface area (Å²) in [7, 11) is -3.35. The number of aromatic amines is 1. The van der Waals surface area contributed by atoms with Crippen LogP contribution in [0.4, 0.5) is 0 Å². The van der Waals surface area contributed by atoms with Crippen LogP contribution in [0.15, 0.2) is 11.1 Å². The first-order chi connectivity index (χ1) is 8.69. The molecule has 0 saturated heterocycles. The Bertz CT molecular complexity index is 628. The molecule has 106 valence electrons. The second-order valence-corrected chi connectivity index (χ2v) is 8.03. The van der Waals surface area contributed by atoms with Crippen molar-refractivity contribution in [2.75, 3.05) is 12.3 Å². The van der Waals surface area contributed by atoms with Gasteiger partial charge in [0.1, 0.15) is 0 Å². The van der Waals surface area contributed by atoms with Gasteiger partial charge in [-0.15, -0.1) is 0 Å². The Morgan fingerprint density at radius 3 is 2.74 bits per heavy atom. The molecule has 7 heteroatoms. The molecule has 0 spiro atoms. The van der Waals surface area contributed by atoms with Gasteiger partial charge in [-0.2, -0.15) is 4.31 Å². The van der Waals surface area contributed by atoms with Crippen molar-refractivity contribution in [1.29, 1.82) is 0 Å². The number of aromatic nitrogens is 2. The molecule has 1 aromatic heterocycles.